The van der Waals surface area contributed by atoms with Gasteiger partial charge in [0.15, 0.2) is 0 Å². The van der Waals surface area contributed by atoms with E-state index >= 15 is 0 Å². The minimum absolute atomic E-state index is 0. The van der Waals surface area contributed by atoms with Crippen LogP contribution in [0, 0.1) is 0 Å². The summed E-state index contributed by atoms with van der Waals surface area (Å²) in [5.74, 6) is 2.85. The van der Waals surface area contributed by atoms with Gasteiger partial charge in [-0.1, -0.05) is 0 Å². The van der Waals surface area contributed by atoms with Gasteiger partial charge < -0.3 is 19.4 Å². The molecule has 1 saturated heterocycles. The first-order valence-electron chi connectivity index (χ1n) is 8.55. The molecule has 0 bridgehead atoms. The number of imidazole rings is 1. The van der Waals surface area contributed by atoms with E-state index < -0.39 is 0 Å². The number of hydrogen-bond acceptors (Lipinski definition) is 5. The largest absolute Gasteiger partial charge is 0.494 e. The predicted octanol–water partition coefficient (Wildman–Crippen LogP) is 2.27. The highest BCUT2D eigenvalue weighted by molar-refractivity contribution is 5.85. The van der Waals surface area contributed by atoms with Crippen LogP contribution in [-0.2, 0) is 7.05 Å². The van der Waals surface area contributed by atoms with Crippen molar-refractivity contribution < 1.29 is 9.47 Å². The minimum Gasteiger partial charge on any atom is -0.494 e. The van der Waals surface area contributed by atoms with E-state index in [-0.39, 0.29) is 12.4 Å². The van der Waals surface area contributed by atoms with Gasteiger partial charge in [0.1, 0.15) is 23.9 Å². The number of piperazine rings is 1. The van der Waals surface area contributed by atoms with Crippen molar-refractivity contribution in [2.75, 3.05) is 39.4 Å². The lowest BCUT2D eigenvalue weighted by molar-refractivity contribution is 0.127. The maximum atomic E-state index is 5.89. The van der Waals surface area contributed by atoms with E-state index in [1.807, 2.05) is 50.6 Å². The van der Waals surface area contributed by atoms with E-state index in [4.69, 9.17) is 9.47 Å². The average molecular weight is 367 g/mol. The number of aryl methyl sites for hydroxylation is 1. The van der Waals surface area contributed by atoms with Gasteiger partial charge in [0.05, 0.1) is 12.6 Å². The maximum absolute atomic E-state index is 5.89. The molecule has 1 unspecified atom stereocenters. The molecule has 3 rings (SSSR count). The van der Waals surface area contributed by atoms with Crippen LogP contribution in [0.4, 0.5) is 0 Å². The molecule has 1 aliphatic rings. The summed E-state index contributed by atoms with van der Waals surface area (Å²) in [5, 5.41) is 3.46. The monoisotopic (exact) mass is 366 g/mol. The van der Waals surface area contributed by atoms with Gasteiger partial charge in [0.25, 0.3) is 0 Å². The van der Waals surface area contributed by atoms with Gasteiger partial charge >= 0.3 is 0 Å². The third-order valence-electron chi connectivity index (χ3n) is 4.29. The Morgan fingerprint density at radius 1 is 1.20 bits per heavy atom. The molecule has 6 nitrogen and oxygen atoms in total. The molecule has 1 aromatic heterocycles. The van der Waals surface area contributed by atoms with E-state index in [1.165, 1.54) is 0 Å². The number of ether oxygens (including phenoxy) is 2. The molecule has 0 amide bonds. The molecule has 7 heteroatoms. The quantitative estimate of drug-likeness (QED) is 0.814. The fraction of sp³-hybridized carbons (Fsp3) is 0.500. The summed E-state index contributed by atoms with van der Waals surface area (Å²) in [6.07, 6.45) is 3.86. The molecular weight excluding hydrogens is 340 g/mol. The Labute approximate surface area is 155 Å². The zero-order valence-electron chi connectivity index (χ0n) is 14.9. The Morgan fingerprint density at radius 2 is 1.92 bits per heavy atom. The molecule has 0 radical (unpaired) electrons. The van der Waals surface area contributed by atoms with E-state index in [2.05, 4.69) is 19.8 Å². The van der Waals surface area contributed by atoms with Gasteiger partial charge in [0, 0.05) is 45.6 Å². The second-order valence-corrected chi connectivity index (χ2v) is 5.91. The van der Waals surface area contributed by atoms with Gasteiger partial charge in [-0.25, -0.2) is 4.98 Å². The van der Waals surface area contributed by atoms with Gasteiger partial charge in [-0.15, -0.1) is 12.4 Å². The van der Waals surface area contributed by atoms with Gasteiger partial charge in [-0.05, 0) is 31.2 Å². The lowest BCUT2D eigenvalue weighted by Gasteiger charge is -2.35. The molecule has 1 atom stereocenters. The molecule has 0 aliphatic carbocycles. The van der Waals surface area contributed by atoms with Crippen molar-refractivity contribution in [3.63, 3.8) is 0 Å². The van der Waals surface area contributed by atoms with Crippen LogP contribution in [0.1, 0.15) is 18.8 Å². The van der Waals surface area contributed by atoms with E-state index in [0.717, 1.165) is 43.5 Å². The first kappa shape index (κ1) is 19.6. The Kier molecular flexibility index (Phi) is 7.55. The number of halogens is 1. The van der Waals surface area contributed by atoms with Crippen molar-refractivity contribution in [1.29, 1.82) is 0 Å². The molecule has 2 aromatic rings. The van der Waals surface area contributed by atoms with Gasteiger partial charge in [-0.2, -0.15) is 0 Å². The van der Waals surface area contributed by atoms with Crippen LogP contribution in [0.15, 0.2) is 36.7 Å². The van der Waals surface area contributed by atoms with Crippen molar-refractivity contribution in [2.45, 2.75) is 13.0 Å². The summed E-state index contributed by atoms with van der Waals surface area (Å²) >= 11 is 0. The highest BCUT2D eigenvalue weighted by atomic mass is 35.5. The van der Waals surface area contributed by atoms with Crippen LogP contribution in [0.3, 0.4) is 0 Å². The number of nitrogens with zero attached hydrogens (tertiary/aromatic N) is 3. The van der Waals surface area contributed by atoms with Crippen LogP contribution in [0.5, 0.6) is 11.5 Å². The number of benzene rings is 1. The Hall–Kier alpha value is -1.76. The maximum Gasteiger partial charge on any atom is 0.127 e. The van der Waals surface area contributed by atoms with Crippen LogP contribution < -0.4 is 14.8 Å². The zero-order chi connectivity index (χ0) is 16.8. The topological polar surface area (TPSA) is 51.6 Å². The fourth-order valence-electron chi connectivity index (χ4n) is 3.05. The molecular formula is C18H27ClN4O2. The molecule has 1 aromatic carbocycles. The lowest BCUT2D eigenvalue weighted by atomic mass is 10.2. The Bertz CT molecular complexity index is 632. The van der Waals surface area contributed by atoms with Crippen LogP contribution in [-0.4, -0.2) is 53.8 Å². The zero-order valence-corrected chi connectivity index (χ0v) is 15.7. The van der Waals surface area contributed by atoms with Crippen molar-refractivity contribution in [3.05, 3.63) is 42.5 Å². The summed E-state index contributed by atoms with van der Waals surface area (Å²) in [6, 6.07) is 8.10. The fourth-order valence-corrected chi connectivity index (χ4v) is 3.05. The SMILES string of the molecule is CCOc1ccc(OCCN2CCNCC2c2nccn2C)cc1.Cl. The second-order valence-electron chi connectivity index (χ2n) is 5.91. The molecule has 2 heterocycles. The average Bonchev–Trinajstić information content (AvgIpc) is 3.03. The second kappa shape index (κ2) is 9.65. The Morgan fingerprint density at radius 3 is 2.56 bits per heavy atom. The van der Waals surface area contributed by atoms with Gasteiger partial charge in [-0.3, -0.25) is 4.90 Å². The minimum atomic E-state index is 0. The lowest BCUT2D eigenvalue weighted by Crippen LogP contribution is -2.48. The van der Waals surface area contributed by atoms with Crippen molar-refractivity contribution in [1.82, 2.24) is 19.8 Å². The molecule has 0 spiro atoms. The number of rotatable bonds is 7. The first-order chi connectivity index (χ1) is 11.8. The summed E-state index contributed by atoms with van der Waals surface area (Å²) in [5.41, 5.74) is 0. The highest BCUT2D eigenvalue weighted by Gasteiger charge is 2.26. The summed E-state index contributed by atoms with van der Waals surface area (Å²) in [4.78, 5) is 6.95. The highest BCUT2D eigenvalue weighted by Crippen LogP contribution is 2.21. The predicted molar refractivity (Wildman–Crippen MR) is 101 cm³/mol. The summed E-state index contributed by atoms with van der Waals surface area (Å²) < 4.78 is 13.4. The van der Waals surface area contributed by atoms with Crippen molar-refractivity contribution in [2.24, 2.45) is 7.05 Å². The number of hydrogen-bond donors (Lipinski definition) is 1. The van der Waals surface area contributed by atoms with E-state index in [9.17, 15) is 0 Å². The molecule has 0 saturated carbocycles. The molecule has 1 aliphatic heterocycles. The standard InChI is InChI=1S/C18H26N4O2.ClH/c1-3-23-15-4-6-16(7-5-15)24-13-12-22-11-8-19-14-17(22)18-20-9-10-21(18)2;/h4-7,9-10,17,19H,3,8,11-14H2,1-2H3;1H. The Balaban J connectivity index is 0.00000225. The van der Waals surface area contributed by atoms with E-state index in [0.29, 0.717) is 19.3 Å². The smallest absolute Gasteiger partial charge is 0.127 e. The van der Waals surface area contributed by atoms with E-state index in [1.54, 1.807) is 0 Å². The number of nitrogens with one attached hydrogen (secondary N) is 1. The molecule has 25 heavy (non-hydrogen) atoms. The van der Waals surface area contributed by atoms with Crippen molar-refractivity contribution in [3.8, 4) is 11.5 Å². The third-order valence-corrected chi connectivity index (χ3v) is 4.29. The third kappa shape index (κ3) is 5.11. The van der Waals surface area contributed by atoms with Crippen LogP contribution >= 0.6 is 12.4 Å². The summed E-state index contributed by atoms with van der Waals surface area (Å²) in [6.45, 7) is 7.14. The van der Waals surface area contributed by atoms with Crippen molar-refractivity contribution >= 4 is 12.4 Å². The van der Waals surface area contributed by atoms with Gasteiger partial charge in [0.2, 0.25) is 0 Å². The number of aromatic nitrogens is 2. The normalized spacial score (nSPS) is 17.8. The molecule has 1 N–H and O–H groups in total. The van der Waals surface area contributed by atoms with Crippen LogP contribution in [0.25, 0.3) is 0 Å². The summed E-state index contributed by atoms with van der Waals surface area (Å²) in [7, 11) is 2.05. The van der Waals surface area contributed by atoms with Crippen LogP contribution in [0.2, 0.25) is 0 Å². The first-order valence-corrected chi connectivity index (χ1v) is 8.55. The molecule has 1 fully saturated rings. The molecule has 138 valence electrons.